The van der Waals surface area contributed by atoms with Crippen molar-refractivity contribution in [2.24, 2.45) is 5.92 Å². The monoisotopic (exact) mass is 341 g/mol. The van der Waals surface area contributed by atoms with Gasteiger partial charge in [-0.05, 0) is 30.2 Å². The maximum absolute atomic E-state index is 12.4. The van der Waals surface area contributed by atoms with E-state index in [1.807, 2.05) is 54.6 Å². The van der Waals surface area contributed by atoms with Gasteiger partial charge in [-0.2, -0.15) is 0 Å². The van der Waals surface area contributed by atoms with Gasteiger partial charge in [-0.1, -0.05) is 42.1 Å². The largest absolute Gasteiger partial charge is 0.455 e. The Morgan fingerprint density at radius 3 is 2.62 bits per heavy atom. The molecular weight excluding hydrogens is 322 g/mol. The molecule has 5 heteroatoms. The van der Waals surface area contributed by atoms with Crippen molar-refractivity contribution >= 4 is 28.5 Å². The molecule has 1 saturated heterocycles. The maximum atomic E-state index is 12.4. The molecule has 0 N–H and O–H groups in total. The molecule has 1 atom stereocenters. The second-order valence-electron chi connectivity index (χ2n) is 5.76. The van der Waals surface area contributed by atoms with Crippen LogP contribution in [-0.4, -0.2) is 23.3 Å². The molecule has 0 aromatic heterocycles. The van der Waals surface area contributed by atoms with Crippen LogP contribution in [0.2, 0.25) is 0 Å². The predicted octanol–water partition coefficient (Wildman–Crippen LogP) is 4.11. The van der Waals surface area contributed by atoms with Gasteiger partial charge in [0.05, 0.1) is 5.69 Å². The van der Waals surface area contributed by atoms with Crippen LogP contribution in [0.25, 0.3) is 0 Å². The third-order valence-corrected chi connectivity index (χ3v) is 4.90. The highest BCUT2D eigenvalue weighted by molar-refractivity contribution is 8.13. The summed E-state index contributed by atoms with van der Waals surface area (Å²) in [5, 5.41) is 0.0914. The van der Waals surface area contributed by atoms with Crippen LogP contribution in [0.15, 0.2) is 54.6 Å². The number of anilines is 1. The Hall–Kier alpha value is -2.27. The topological polar surface area (TPSA) is 46.6 Å². The van der Waals surface area contributed by atoms with Crippen LogP contribution >= 0.6 is 11.8 Å². The highest BCUT2D eigenvalue weighted by Crippen LogP contribution is 2.36. The second-order valence-corrected chi connectivity index (χ2v) is 6.96. The van der Waals surface area contributed by atoms with Gasteiger partial charge in [-0.25, -0.2) is 0 Å². The first-order valence-corrected chi connectivity index (χ1v) is 8.87. The molecule has 1 amide bonds. The molecule has 3 rings (SSSR count). The van der Waals surface area contributed by atoms with E-state index in [2.05, 4.69) is 0 Å². The molecule has 0 radical (unpaired) electrons. The molecule has 24 heavy (non-hydrogen) atoms. The molecule has 4 nitrogen and oxygen atoms in total. The number of thioether (sulfide) groups is 1. The summed E-state index contributed by atoms with van der Waals surface area (Å²) in [6, 6.07) is 17.1. The summed E-state index contributed by atoms with van der Waals surface area (Å²) >= 11 is 1.29. The Labute approximate surface area is 145 Å². The Balaban J connectivity index is 1.77. The van der Waals surface area contributed by atoms with E-state index in [-0.39, 0.29) is 16.9 Å². The molecule has 1 fully saturated rings. The molecule has 0 aliphatic carbocycles. The first kappa shape index (κ1) is 16.6. The molecule has 2 aromatic rings. The molecule has 124 valence electrons. The average molecular weight is 341 g/mol. The summed E-state index contributed by atoms with van der Waals surface area (Å²) in [6.45, 7) is 2.18. The van der Waals surface area contributed by atoms with Crippen LogP contribution in [0.4, 0.5) is 5.69 Å². The van der Waals surface area contributed by atoms with E-state index in [1.165, 1.54) is 11.8 Å². The number of ether oxygens (including phenoxy) is 1. The van der Waals surface area contributed by atoms with Gasteiger partial charge in [0.1, 0.15) is 5.75 Å². The lowest BCUT2D eigenvalue weighted by atomic mass is 10.1. The van der Waals surface area contributed by atoms with Crippen LogP contribution in [0, 0.1) is 5.92 Å². The lowest BCUT2D eigenvalue weighted by Gasteiger charge is -2.20. The second kappa shape index (κ2) is 7.53. The summed E-state index contributed by atoms with van der Waals surface area (Å²) in [5.41, 5.74) is 0.779. The van der Waals surface area contributed by atoms with Gasteiger partial charge in [0.15, 0.2) is 10.9 Å². The number of hydrogen-bond acceptors (Lipinski definition) is 4. The van der Waals surface area contributed by atoms with Crippen LogP contribution in [0.5, 0.6) is 11.5 Å². The van der Waals surface area contributed by atoms with Gasteiger partial charge in [0.2, 0.25) is 5.91 Å². The van der Waals surface area contributed by atoms with Crippen LogP contribution in [0.1, 0.15) is 13.3 Å². The third kappa shape index (κ3) is 3.97. The van der Waals surface area contributed by atoms with Crippen molar-refractivity contribution in [1.29, 1.82) is 0 Å². The maximum Gasteiger partial charge on any atom is 0.227 e. The number of rotatable bonds is 5. The highest BCUT2D eigenvalue weighted by atomic mass is 32.2. The number of hydrogen-bond donors (Lipinski definition) is 0. The van der Waals surface area contributed by atoms with Crippen molar-refractivity contribution in [3.8, 4) is 11.5 Å². The quantitative estimate of drug-likeness (QED) is 0.821. The zero-order chi connectivity index (χ0) is 16.9. The summed E-state index contributed by atoms with van der Waals surface area (Å²) in [6.07, 6.45) is 0.472. The summed E-state index contributed by atoms with van der Waals surface area (Å²) in [4.78, 5) is 25.3. The Morgan fingerprint density at radius 2 is 1.88 bits per heavy atom. The number of carbonyl (C=O) groups is 2. The molecule has 0 bridgehead atoms. The Bertz CT molecular complexity index is 732. The molecule has 1 unspecified atom stereocenters. The number of carbonyl (C=O) groups excluding carboxylic acids is 2. The number of benzene rings is 2. The average Bonchev–Trinajstić information content (AvgIpc) is 2.95. The molecule has 0 spiro atoms. The predicted molar refractivity (Wildman–Crippen MR) is 96.6 cm³/mol. The highest BCUT2D eigenvalue weighted by Gasteiger charge is 2.32. The summed E-state index contributed by atoms with van der Waals surface area (Å²) in [5.74, 6) is 2.35. The third-order valence-electron chi connectivity index (χ3n) is 3.85. The van der Waals surface area contributed by atoms with Crippen molar-refractivity contribution in [2.75, 3.05) is 17.2 Å². The minimum atomic E-state index is 0.0771. The Morgan fingerprint density at radius 1 is 1.17 bits per heavy atom. The van der Waals surface area contributed by atoms with Gasteiger partial charge in [0, 0.05) is 25.6 Å². The fourth-order valence-corrected chi connectivity index (χ4v) is 3.44. The van der Waals surface area contributed by atoms with Gasteiger partial charge in [-0.15, -0.1) is 0 Å². The van der Waals surface area contributed by atoms with Crippen LogP contribution < -0.4 is 9.64 Å². The van der Waals surface area contributed by atoms with E-state index in [4.69, 9.17) is 4.74 Å². The van der Waals surface area contributed by atoms with Gasteiger partial charge >= 0.3 is 0 Å². The molecule has 2 aromatic carbocycles. The van der Waals surface area contributed by atoms with Crippen molar-refractivity contribution < 1.29 is 14.3 Å². The molecule has 1 heterocycles. The number of nitrogens with zero attached hydrogens (tertiary/aromatic N) is 1. The van der Waals surface area contributed by atoms with Gasteiger partial charge < -0.3 is 9.64 Å². The van der Waals surface area contributed by atoms with Crippen molar-refractivity contribution in [3.63, 3.8) is 0 Å². The zero-order valence-corrected chi connectivity index (χ0v) is 14.3. The van der Waals surface area contributed by atoms with Gasteiger partial charge in [-0.3, -0.25) is 9.59 Å². The summed E-state index contributed by atoms with van der Waals surface area (Å²) < 4.78 is 5.95. The fourth-order valence-electron chi connectivity index (χ4n) is 2.74. The van der Waals surface area contributed by atoms with E-state index in [0.717, 1.165) is 11.4 Å². The first-order valence-electron chi connectivity index (χ1n) is 7.89. The SMILES string of the molecule is CC(=O)SCC1CC(=O)N(c2ccccc2Oc2ccccc2)C1. The molecule has 0 saturated carbocycles. The first-order chi connectivity index (χ1) is 11.6. The molecule has 1 aliphatic heterocycles. The van der Waals surface area contributed by atoms with Gasteiger partial charge in [0.25, 0.3) is 0 Å². The standard InChI is InChI=1S/C19H19NO3S/c1-14(21)24-13-15-11-19(22)20(12-15)17-9-5-6-10-18(17)23-16-7-3-2-4-8-16/h2-10,15H,11-13H2,1H3. The fraction of sp³-hybridized carbons (Fsp3) is 0.263. The lowest BCUT2D eigenvalue weighted by Crippen LogP contribution is -2.25. The van der Waals surface area contributed by atoms with E-state index >= 15 is 0 Å². The minimum Gasteiger partial charge on any atom is -0.455 e. The van der Waals surface area contributed by atoms with Crippen molar-refractivity contribution in [3.05, 3.63) is 54.6 Å². The molecule has 1 aliphatic rings. The number of amides is 1. The Kier molecular flexibility index (Phi) is 5.20. The lowest BCUT2D eigenvalue weighted by molar-refractivity contribution is -0.117. The van der Waals surface area contributed by atoms with E-state index < -0.39 is 0 Å². The normalized spacial score (nSPS) is 17.1. The number of para-hydroxylation sites is 3. The smallest absolute Gasteiger partial charge is 0.227 e. The van der Waals surface area contributed by atoms with Crippen molar-refractivity contribution in [2.45, 2.75) is 13.3 Å². The van der Waals surface area contributed by atoms with E-state index in [0.29, 0.717) is 24.5 Å². The molecular formula is C19H19NO3S. The summed E-state index contributed by atoms with van der Waals surface area (Å²) in [7, 11) is 0. The zero-order valence-electron chi connectivity index (χ0n) is 13.5. The van der Waals surface area contributed by atoms with Crippen molar-refractivity contribution in [1.82, 2.24) is 0 Å². The van der Waals surface area contributed by atoms with Crippen LogP contribution in [-0.2, 0) is 9.59 Å². The van der Waals surface area contributed by atoms with E-state index in [9.17, 15) is 9.59 Å². The van der Waals surface area contributed by atoms with E-state index in [1.54, 1.807) is 11.8 Å². The van der Waals surface area contributed by atoms with Crippen LogP contribution in [0.3, 0.4) is 0 Å². The minimum absolute atomic E-state index is 0.0771.